The number of nitrogens with one attached hydrogen (secondary N) is 2. The van der Waals surface area contributed by atoms with Crippen molar-refractivity contribution in [2.45, 2.75) is 19.9 Å². The fourth-order valence-electron chi connectivity index (χ4n) is 0.848. The highest BCUT2D eigenvalue weighted by molar-refractivity contribution is 5.91. The van der Waals surface area contributed by atoms with Gasteiger partial charge in [-0.3, -0.25) is 4.79 Å². The summed E-state index contributed by atoms with van der Waals surface area (Å²) in [5.41, 5.74) is 6.04. The van der Waals surface area contributed by atoms with Gasteiger partial charge < -0.3 is 11.1 Å². The number of aromatic nitrogens is 3. The largest absolute Gasteiger partial charge is 0.349 e. The Balaban J connectivity index is 2.36. The van der Waals surface area contributed by atoms with E-state index in [4.69, 9.17) is 5.73 Å². The number of carbonyl (C=O) groups excluding carboxylic acids is 1. The summed E-state index contributed by atoms with van der Waals surface area (Å²) in [6, 6.07) is -0.0362. The molecule has 0 bridgehead atoms. The van der Waals surface area contributed by atoms with E-state index < -0.39 is 0 Å². The van der Waals surface area contributed by atoms with Crippen LogP contribution in [0.2, 0.25) is 0 Å². The lowest BCUT2D eigenvalue weighted by Gasteiger charge is -2.15. The van der Waals surface area contributed by atoms with Crippen molar-refractivity contribution in [3.63, 3.8) is 0 Å². The smallest absolute Gasteiger partial charge is 0.273 e. The molecule has 6 nitrogen and oxygen atoms in total. The number of carbonyl (C=O) groups is 1. The Morgan fingerprint density at radius 2 is 2.43 bits per heavy atom. The topological polar surface area (TPSA) is 96.7 Å². The van der Waals surface area contributed by atoms with Crippen LogP contribution < -0.4 is 11.1 Å². The zero-order chi connectivity index (χ0) is 10.6. The summed E-state index contributed by atoms with van der Waals surface area (Å²) in [6.45, 7) is 4.46. The summed E-state index contributed by atoms with van der Waals surface area (Å²) in [6.07, 6.45) is 1.37. The van der Waals surface area contributed by atoms with Gasteiger partial charge in [-0.2, -0.15) is 15.4 Å². The molecule has 0 radical (unpaired) electrons. The van der Waals surface area contributed by atoms with Gasteiger partial charge in [-0.15, -0.1) is 0 Å². The van der Waals surface area contributed by atoms with Crippen molar-refractivity contribution >= 4 is 5.91 Å². The number of hydrogen-bond donors (Lipinski definition) is 3. The molecule has 1 unspecified atom stereocenters. The molecule has 0 saturated carbocycles. The standard InChI is InChI=1S/C8H15N5O/c1-5(2)6(9)3-10-8(14)7-4-11-13-12-7/h4-6H,3,9H2,1-2H3,(H,10,14)(H,11,12,13). The van der Waals surface area contributed by atoms with Gasteiger partial charge in [0, 0.05) is 12.6 Å². The maximum atomic E-state index is 11.3. The van der Waals surface area contributed by atoms with Crippen LogP contribution in [0.15, 0.2) is 6.20 Å². The minimum absolute atomic E-state index is 0.0362. The van der Waals surface area contributed by atoms with E-state index in [9.17, 15) is 4.79 Å². The van der Waals surface area contributed by atoms with Crippen molar-refractivity contribution in [1.82, 2.24) is 20.7 Å². The second-order valence-electron chi connectivity index (χ2n) is 3.47. The second-order valence-corrected chi connectivity index (χ2v) is 3.47. The Morgan fingerprint density at radius 3 is 2.93 bits per heavy atom. The minimum atomic E-state index is -0.255. The van der Waals surface area contributed by atoms with E-state index in [0.717, 1.165) is 0 Å². The number of H-pyrrole nitrogens is 1. The van der Waals surface area contributed by atoms with Crippen LogP contribution in [0.4, 0.5) is 0 Å². The Morgan fingerprint density at radius 1 is 1.71 bits per heavy atom. The van der Waals surface area contributed by atoms with Gasteiger partial charge in [-0.05, 0) is 5.92 Å². The monoisotopic (exact) mass is 197 g/mol. The first-order valence-corrected chi connectivity index (χ1v) is 4.50. The molecule has 0 aliphatic carbocycles. The molecule has 0 fully saturated rings. The fourth-order valence-corrected chi connectivity index (χ4v) is 0.848. The predicted octanol–water partition coefficient (Wildman–Crippen LogP) is -0.482. The third kappa shape index (κ3) is 2.81. The summed E-state index contributed by atoms with van der Waals surface area (Å²) in [5, 5.41) is 12.2. The van der Waals surface area contributed by atoms with Gasteiger partial charge in [0.05, 0.1) is 6.20 Å². The van der Waals surface area contributed by atoms with E-state index in [1.54, 1.807) is 0 Å². The van der Waals surface area contributed by atoms with Gasteiger partial charge in [-0.1, -0.05) is 13.8 Å². The van der Waals surface area contributed by atoms with Crippen molar-refractivity contribution in [3.8, 4) is 0 Å². The van der Waals surface area contributed by atoms with Crippen LogP contribution >= 0.6 is 0 Å². The highest BCUT2D eigenvalue weighted by atomic mass is 16.1. The summed E-state index contributed by atoms with van der Waals surface area (Å²) in [5.74, 6) is 0.0856. The molecular weight excluding hydrogens is 182 g/mol. The van der Waals surface area contributed by atoms with Gasteiger partial charge in [-0.25, -0.2) is 0 Å². The summed E-state index contributed by atoms with van der Waals surface area (Å²) in [4.78, 5) is 11.3. The predicted molar refractivity (Wildman–Crippen MR) is 51.5 cm³/mol. The van der Waals surface area contributed by atoms with Crippen molar-refractivity contribution in [1.29, 1.82) is 0 Å². The van der Waals surface area contributed by atoms with Crippen LogP contribution in [0, 0.1) is 5.92 Å². The zero-order valence-corrected chi connectivity index (χ0v) is 8.32. The Bertz CT molecular complexity index is 282. The molecule has 1 heterocycles. The molecule has 14 heavy (non-hydrogen) atoms. The van der Waals surface area contributed by atoms with Crippen molar-refractivity contribution < 1.29 is 4.79 Å². The van der Waals surface area contributed by atoms with E-state index in [-0.39, 0.29) is 17.6 Å². The lowest BCUT2D eigenvalue weighted by Crippen LogP contribution is -2.40. The Hall–Kier alpha value is -1.43. The molecule has 6 heteroatoms. The summed E-state index contributed by atoms with van der Waals surface area (Å²) < 4.78 is 0. The quantitative estimate of drug-likeness (QED) is 0.607. The molecule has 1 aromatic rings. The lowest BCUT2D eigenvalue weighted by atomic mass is 10.1. The SMILES string of the molecule is CC(C)C(N)CNC(=O)c1cn[nH]n1. The molecule has 1 aromatic heterocycles. The van der Waals surface area contributed by atoms with E-state index in [1.165, 1.54) is 6.20 Å². The average Bonchev–Trinajstić information content (AvgIpc) is 2.66. The van der Waals surface area contributed by atoms with Crippen molar-refractivity contribution in [3.05, 3.63) is 11.9 Å². The Kier molecular flexibility index (Phi) is 3.58. The van der Waals surface area contributed by atoms with Crippen LogP contribution in [0.5, 0.6) is 0 Å². The number of hydrogen-bond acceptors (Lipinski definition) is 4. The average molecular weight is 197 g/mol. The lowest BCUT2D eigenvalue weighted by molar-refractivity contribution is 0.0944. The summed E-state index contributed by atoms with van der Waals surface area (Å²) in [7, 11) is 0. The Labute approximate surface area is 82.3 Å². The maximum absolute atomic E-state index is 11.3. The van der Waals surface area contributed by atoms with Crippen molar-refractivity contribution in [2.24, 2.45) is 11.7 Å². The van der Waals surface area contributed by atoms with E-state index in [0.29, 0.717) is 12.5 Å². The van der Waals surface area contributed by atoms with Gasteiger partial charge in [0.15, 0.2) is 5.69 Å². The molecule has 1 amide bonds. The maximum Gasteiger partial charge on any atom is 0.273 e. The number of rotatable bonds is 4. The van der Waals surface area contributed by atoms with Gasteiger partial charge in [0.25, 0.3) is 5.91 Å². The molecule has 0 spiro atoms. The molecule has 1 rings (SSSR count). The van der Waals surface area contributed by atoms with Crippen LogP contribution in [-0.2, 0) is 0 Å². The highest BCUT2D eigenvalue weighted by Gasteiger charge is 2.11. The third-order valence-corrected chi connectivity index (χ3v) is 2.00. The number of aromatic amines is 1. The molecule has 0 saturated heterocycles. The first-order valence-electron chi connectivity index (χ1n) is 4.50. The van der Waals surface area contributed by atoms with Crippen LogP contribution in [0.1, 0.15) is 24.3 Å². The van der Waals surface area contributed by atoms with Crippen LogP contribution in [0.25, 0.3) is 0 Å². The van der Waals surface area contributed by atoms with Crippen LogP contribution in [-0.4, -0.2) is 33.9 Å². The molecule has 0 aliphatic rings. The van der Waals surface area contributed by atoms with Crippen molar-refractivity contribution in [2.75, 3.05) is 6.54 Å². The van der Waals surface area contributed by atoms with Gasteiger partial charge >= 0.3 is 0 Å². The molecule has 0 aliphatic heterocycles. The van der Waals surface area contributed by atoms with Crippen LogP contribution in [0.3, 0.4) is 0 Å². The van der Waals surface area contributed by atoms with Gasteiger partial charge in [0.1, 0.15) is 0 Å². The molecule has 4 N–H and O–H groups in total. The van der Waals surface area contributed by atoms with E-state index >= 15 is 0 Å². The first-order chi connectivity index (χ1) is 6.61. The minimum Gasteiger partial charge on any atom is -0.349 e. The number of nitrogens with zero attached hydrogens (tertiary/aromatic N) is 2. The normalized spacial score (nSPS) is 12.9. The van der Waals surface area contributed by atoms with E-state index in [2.05, 4.69) is 20.7 Å². The van der Waals surface area contributed by atoms with Gasteiger partial charge in [0.2, 0.25) is 0 Å². The summed E-state index contributed by atoms with van der Waals surface area (Å²) >= 11 is 0. The fraction of sp³-hybridized carbons (Fsp3) is 0.625. The molecule has 1 atom stereocenters. The molecule has 78 valence electrons. The molecular formula is C8H15N5O. The second kappa shape index (κ2) is 4.71. The third-order valence-electron chi connectivity index (χ3n) is 2.00. The molecule has 0 aromatic carbocycles. The zero-order valence-electron chi connectivity index (χ0n) is 8.32. The number of amides is 1. The first kappa shape index (κ1) is 10.6. The highest BCUT2D eigenvalue weighted by Crippen LogP contribution is 1.96. The number of nitrogens with two attached hydrogens (primary N) is 1. The van der Waals surface area contributed by atoms with E-state index in [1.807, 2.05) is 13.8 Å².